The third kappa shape index (κ3) is 3.54. The summed E-state index contributed by atoms with van der Waals surface area (Å²) >= 11 is 1.69. The average molecular weight is 346 g/mol. The second-order valence-corrected chi connectivity index (χ2v) is 8.47. The number of hydrogen-bond donors (Lipinski definition) is 0. The van der Waals surface area contributed by atoms with Crippen LogP contribution in [0.4, 0.5) is 0 Å². The number of carbonyl (C=O) groups excluding carboxylic acids is 1. The van der Waals surface area contributed by atoms with E-state index >= 15 is 0 Å². The summed E-state index contributed by atoms with van der Waals surface area (Å²) in [6, 6.07) is 31.3. The first-order valence-corrected chi connectivity index (χ1v) is 9.23. The highest BCUT2D eigenvalue weighted by Gasteiger charge is 2.41. The van der Waals surface area contributed by atoms with Crippen LogP contribution in [0.5, 0.6) is 0 Å². The van der Waals surface area contributed by atoms with Crippen LogP contribution in [0.15, 0.2) is 91.0 Å². The highest BCUT2D eigenvalue weighted by atomic mass is 32.2. The van der Waals surface area contributed by atoms with Crippen LogP contribution in [0.1, 0.15) is 30.5 Å². The first kappa shape index (κ1) is 17.5. The fourth-order valence-electron chi connectivity index (χ4n) is 3.11. The number of aldehydes is 1. The van der Waals surface area contributed by atoms with Gasteiger partial charge >= 0.3 is 0 Å². The Bertz CT molecular complexity index is 714. The Balaban J connectivity index is 2.33. The predicted octanol–water partition coefficient (Wildman–Crippen LogP) is 5.69. The Kier molecular flexibility index (Phi) is 5.10. The Morgan fingerprint density at radius 1 is 0.640 bits per heavy atom. The van der Waals surface area contributed by atoms with Crippen molar-refractivity contribution in [2.45, 2.75) is 23.3 Å². The van der Waals surface area contributed by atoms with Crippen molar-refractivity contribution >= 4 is 18.0 Å². The number of carbonyl (C=O) groups is 1. The first-order valence-electron chi connectivity index (χ1n) is 8.41. The zero-order valence-corrected chi connectivity index (χ0v) is 15.4. The average Bonchev–Trinajstić information content (AvgIpc) is 2.68. The molecule has 0 aliphatic carbocycles. The summed E-state index contributed by atoms with van der Waals surface area (Å²) in [4.78, 5) is 11.8. The van der Waals surface area contributed by atoms with Gasteiger partial charge in [-0.05, 0) is 30.5 Å². The lowest BCUT2D eigenvalue weighted by Crippen LogP contribution is -2.33. The summed E-state index contributed by atoms with van der Waals surface area (Å²) in [5.74, 6) is 0. The van der Waals surface area contributed by atoms with E-state index in [1.54, 1.807) is 11.8 Å². The third-order valence-electron chi connectivity index (χ3n) is 4.24. The fourth-order valence-corrected chi connectivity index (χ4v) is 4.71. The minimum Gasteiger partial charge on any atom is -0.302 e. The Labute approximate surface area is 154 Å². The maximum atomic E-state index is 11.8. The summed E-state index contributed by atoms with van der Waals surface area (Å²) in [5, 5.41) is 0. The predicted molar refractivity (Wildman–Crippen MR) is 107 cm³/mol. The molecule has 2 heteroatoms. The highest BCUT2D eigenvalue weighted by molar-refractivity contribution is 8.02. The molecule has 0 fully saturated rings. The maximum absolute atomic E-state index is 11.8. The molecule has 3 rings (SSSR count). The van der Waals surface area contributed by atoms with Gasteiger partial charge in [0, 0.05) is 0 Å². The molecule has 0 aliphatic rings. The molecular weight excluding hydrogens is 324 g/mol. The summed E-state index contributed by atoms with van der Waals surface area (Å²) in [6.45, 7) is 3.96. The van der Waals surface area contributed by atoms with Crippen molar-refractivity contribution in [2.75, 3.05) is 0 Å². The van der Waals surface area contributed by atoms with Crippen LogP contribution in [-0.4, -0.2) is 11.0 Å². The summed E-state index contributed by atoms with van der Waals surface area (Å²) in [5.41, 5.74) is 3.52. The largest absolute Gasteiger partial charge is 0.302 e. The van der Waals surface area contributed by atoms with Gasteiger partial charge in [0.15, 0.2) is 0 Å². The van der Waals surface area contributed by atoms with Crippen molar-refractivity contribution in [2.24, 2.45) is 0 Å². The van der Waals surface area contributed by atoms with E-state index in [1.165, 1.54) is 16.7 Å². The van der Waals surface area contributed by atoms with Crippen molar-refractivity contribution in [3.63, 3.8) is 0 Å². The van der Waals surface area contributed by atoms with Gasteiger partial charge in [-0.3, -0.25) is 0 Å². The molecule has 0 saturated carbocycles. The van der Waals surface area contributed by atoms with Crippen LogP contribution in [0.3, 0.4) is 0 Å². The van der Waals surface area contributed by atoms with Gasteiger partial charge in [-0.1, -0.05) is 91.0 Å². The Morgan fingerprint density at radius 2 is 0.960 bits per heavy atom. The molecular formula is C23H22OS. The van der Waals surface area contributed by atoms with Gasteiger partial charge in [0.05, 0.1) is 9.49 Å². The van der Waals surface area contributed by atoms with Crippen molar-refractivity contribution < 1.29 is 4.79 Å². The molecule has 0 unspecified atom stereocenters. The zero-order chi connectivity index (χ0) is 17.8. The van der Waals surface area contributed by atoms with E-state index in [2.05, 4.69) is 72.8 Å². The molecule has 0 bridgehead atoms. The van der Waals surface area contributed by atoms with E-state index in [1.807, 2.05) is 32.0 Å². The smallest absolute Gasteiger partial charge is 0.135 e. The molecule has 1 nitrogen and oxygen atoms in total. The standard InChI is InChI=1S/C23H22OS/c1-22(2,18-24)25-23(19-12-6-3-7-13-19,20-14-8-4-9-15-20)21-16-10-5-11-17-21/h3-18H,1-2H3. The minimum atomic E-state index is -0.526. The highest BCUT2D eigenvalue weighted by Crippen LogP contribution is 2.52. The molecule has 0 aliphatic heterocycles. The summed E-state index contributed by atoms with van der Waals surface area (Å²) < 4.78 is -0.976. The van der Waals surface area contributed by atoms with Crippen molar-refractivity contribution in [1.29, 1.82) is 0 Å². The van der Waals surface area contributed by atoms with Gasteiger partial charge < -0.3 is 4.79 Å². The first-order chi connectivity index (χ1) is 12.1. The lowest BCUT2D eigenvalue weighted by atomic mass is 9.84. The van der Waals surface area contributed by atoms with Gasteiger partial charge in [-0.25, -0.2) is 0 Å². The fraction of sp³-hybridized carbons (Fsp3) is 0.174. The number of rotatable bonds is 6. The lowest BCUT2D eigenvalue weighted by Gasteiger charge is -2.39. The van der Waals surface area contributed by atoms with Gasteiger partial charge in [0.2, 0.25) is 0 Å². The topological polar surface area (TPSA) is 17.1 Å². The molecule has 0 spiro atoms. The zero-order valence-electron chi connectivity index (χ0n) is 14.6. The van der Waals surface area contributed by atoms with E-state index in [0.29, 0.717) is 0 Å². The molecule has 3 aromatic carbocycles. The van der Waals surface area contributed by atoms with Crippen LogP contribution in [0.2, 0.25) is 0 Å². The SMILES string of the molecule is CC(C)(C=O)SC(c1ccccc1)(c1ccccc1)c1ccccc1. The molecule has 0 radical (unpaired) electrons. The quantitative estimate of drug-likeness (QED) is 0.421. The lowest BCUT2D eigenvalue weighted by molar-refractivity contribution is -0.109. The van der Waals surface area contributed by atoms with Crippen LogP contribution < -0.4 is 0 Å². The van der Waals surface area contributed by atoms with E-state index in [9.17, 15) is 4.79 Å². The normalized spacial score (nSPS) is 11.9. The van der Waals surface area contributed by atoms with Crippen molar-refractivity contribution in [3.05, 3.63) is 108 Å². The van der Waals surface area contributed by atoms with Crippen molar-refractivity contribution in [1.82, 2.24) is 0 Å². The van der Waals surface area contributed by atoms with Crippen LogP contribution in [0, 0.1) is 0 Å². The third-order valence-corrected chi connectivity index (χ3v) is 5.88. The Morgan fingerprint density at radius 3 is 1.24 bits per heavy atom. The van der Waals surface area contributed by atoms with Gasteiger partial charge in [-0.2, -0.15) is 0 Å². The van der Waals surface area contributed by atoms with E-state index in [-0.39, 0.29) is 0 Å². The minimum absolute atomic E-state index is 0.450. The number of thioether (sulfide) groups is 1. The molecule has 0 heterocycles. The Hall–Kier alpha value is -2.32. The second kappa shape index (κ2) is 7.28. The van der Waals surface area contributed by atoms with E-state index in [4.69, 9.17) is 0 Å². The van der Waals surface area contributed by atoms with E-state index < -0.39 is 9.49 Å². The molecule has 126 valence electrons. The molecule has 0 saturated heterocycles. The number of benzene rings is 3. The maximum Gasteiger partial charge on any atom is 0.135 e. The molecule has 25 heavy (non-hydrogen) atoms. The number of hydrogen-bond acceptors (Lipinski definition) is 2. The van der Waals surface area contributed by atoms with Crippen molar-refractivity contribution in [3.8, 4) is 0 Å². The van der Waals surface area contributed by atoms with Gasteiger partial charge in [0.25, 0.3) is 0 Å². The molecule has 0 atom stereocenters. The summed E-state index contributed by atoms with van der Waals surface area (Å²) in [7, 11) is 0. The second-order valence-electron chi connectivity index (χ2n) is 6.60. The van der Waals surface area contributed by atoms with E-state index in [0.717, 1.165) is 6.29 Å². The monoisotopic (exact) mass is 346 g/mol. The molecule has 0 N–H and O–H groups in total. The van der Waals surface area contributed by atoms with Crippen LogP contribution >= 0.6 is 11.8 Å². The van der Waals surface area contributed by atoms with Gasteiger partial charge in [-0.15, -0.1) is 11.8 Å². The molecule has 0 aromatic heterocycles. The van der Waals surface area contributed by atoms with Crippen LogP contribution in [0.25, 0.3) is 0 Å². The van der Waals surface area contributed by atoms with Gasteiger partial charge in [0.1, 0.15) is 6.29 Å². The molecule has 0 amide bonds. The van der Waals surface area contributed by atoms with Crippen LogP contribution in [-0.2, 0) is 9.54 Å². The molecule has 3 aromatic rings. The summed E-state index contributed by atoms with van der Waals surface area (Å²) in [6.07, 6.45) is 1.04.